The molecule has 0 saturated carbocycles. The fourth-order valence-corrected chi connectivity index (χ4v) is 1.96. The molecule has 2 aromatic carbocycles. The molecule has 0 radical (unpaired) electrons. The zero-order valence-electron chi connectivity index (χ0n) is 9.76. The first-order valence-electron chi connectivity index (χ1n) is 5.40. The highest BCUT2D eigenvalue weighted by Crippen LogP contribution is 2.39. The van der Waals surface area contributed by atoms with E-state index in [9.17, 15) is 9.36 Å². The van der Waals surface area contributed by atoms with Gasteiger partial charge in [0, 0.05) is 5.56 Å². The van der Waals surface area contributed by atoms with E-state index in [1.165, 1.54) is 18.2 Å². The quantitative estimate of drug-likeness (QED) is 0.840. The van der Waals surface area contributed by atoms with E-state index in [-0.39, 0.29) is 5.56 Å². The van der Waals surface area contributed by atoms with E-state index in [0.717, 1.165) is 0 Å². The Morgan fingerprint density at radius 2 is 1.58 bits per heavy atom. The normalized spacial score (nSPS) is 11.1. The van der Waals surface area contributed by atoms with Crippen LogP contribution >= 0.6 is 7.60 Å². The van der Waals surface area contributed by atoms with Crippen LogP contribution in [0.3, 0.4) is 0 Å². The highest BCUT2D eigenvalue weighted by atomic mass is 31.2. The summed E-state index contributed by atoms with van der Waals surface area (Å²) in [5, 5.41) is 0. The molecule has 0 fully saturated rings. The average molecular weight is 278 g/mol. The number of benzene rings is 2. The van der Waals surface area contributed by atoms with Crippen LogP contribution in [0.25, 0.3) is 0 Å². The van der Waals surface area contributed by atoms with Crippen LogP contribution in [0.5, 0.6) is 11.5 Å². The monoisotopic (exact) mass is 278 g/mol. The Labute approximate surface area is 109 Å². The molecule has 19 heavy (non-hydrogen) atoms. The fraction of sp³-hybridized carbons (Fsp3) is 0. The molecule has 0 aliphatic heterocycles. The van der Waals surface area contributed by atoms with Gasteiger partial charge < -0.3 is 14.5 Å². The first-order valence-corrected chi connectivity index (χ1v) is 7.01. The summed E-state index contributed by atoms with van der Waals surface area (Å²) in [7, 11) is -4.78. The predicted molar refractivity (Wildman–Crippen MR) is 69.3 cm³/mol. The van der Waals surface area contributed by atoms with Gasteiger partial charge in [0.15, 0.2) is 0 Å². The van der Waals surface area contributed by atoms with Gasteiger partial charge in [-0.3, -0.25) is 9.36 Å². The Bertz CT molecular complexity index is 632. The number of carbonyl (C=O) groups is 1. The first-order chi connectivity index (χ1) is 8.97. The Balaban J connectivity index is 2.25. The molecule has 0 aliphatic carbocycles. The van der Waals surface area contributed by atoms with Gasteiger partial charge in [0.25, 0.3) is 5.52 Å². The van der Waals surface area contributed by atoms with Crippen molar-refractivity contribution in [2.75, 3.05) is 0 Å². The van der Waals surface area contributed by atoms with Gasteiger partial charge in [0.2, 0.25) is 0 Å². The predicted octanol–water partition coefficient (Wildman–Crippen LogP) is 2.80. The molecular formula is C13H11O5P. The zero-order valence-corrected chi connectivity index (χ0v) is 10.7. The molecule has 0 bridgehead atoms. The van der Waals surface area contributed by atoms with E-state index in [1.54, 1.807) is 30.3 Å². The summed E-state index contributed by atoms with van der Waals surface area (Å²) in [6.45, 7) is 0. The topological polar surface area (TPSA) is 83.8 Å². The van der Waals surface area contributed by atoms with E-state index in [2.05, 4.69) is 0 Å². The van der Waals surface area contributed by atoms with Crippen molar-refractivity contribution >= 4 is 13.1 Å². The van der Waals surface area contributed by atoms with Crippen molar-refractivity contribution in [3.8, 4) is 11.5 Å². The molecule has 0 spiro atoms. The van der Waals surface area contributed by atoms with Gasteiger partial charge in [-0.2, -0.15) is 0 Å². The lowest BCUT2D eigenvalue weighted by Crippen LogP contribution is -1.99. The van der Waals surface area contributed by atoms with Crippen molar-refractivity contribution in [2.45, 2.75) is 0 Å². The van der Waals surface area contributed by atoms with E-state index in [1.807, 2.05) is 6.07 Å². The zero-order chi connectivity index (χ0) is 13.9. The molecule has 0 aliphatic rings. The number of para-hydroxylation sites is 1. The van der Waals surface area contributed by atoms with Gasteiger partial charge >= 0.3 is 7.60 Å². The fourth-order valence-electron chi connectivity index (χ4n) is 1.49. The molecule has 0 amide bonds. The third kappa shape index (κ3) is 3.51. The SMILES string of the molecule is O=C(c1cccc(Oc2ccccc2)c1)P(=O)(O)O. The molecule has 0 aromatic heterocycles. The molecular weight excluding hydrogens is 267 g/mol. The second-order valence-corrected chi connectivity index (χ2v) is 5.29. The summed E-state index contributed by atoms with van der Waals surface area (Å²) >= 11 is 0. The van der Waals surface area contributed by atoms with Crippen molar-refractivity contribution in [3.05, 3.63) is 60.2 Å². The molecule has 2 rings (SSSR count). The highest BCUT2D eigenvalue weighted by Gasteiger charge is 2.27. The summed E-state index contributed by atoms with van der Waals surface area (Å²) in [6, 6.07) is 14.6. The number of ether oxygens (including phenoxy) is 1. The lowest BCUT2D eigenvalue weighted by molar-refractivity contribution is 0.104. The number of hydrogen-bond acceptors (Lipinski definition) is 3. The van der Waals surface area contributed by atoms with E-state index >= 15 is 0 Å². The van der Waals surface area contributed by atoms with Gasteiger partial charge in [-0.05, 0) is 24.3 Å². The highest BCUT2D eigenvalue weighted by molar-refractivity contribution is 7.70. The lowest BCUT2D eigenvalue weighted by atomic mass is 10.2. The minimum Gasteiger partial charge on any atom is -0.457 e. The van der Waals surface area contributed by atoms with Gasteiger partial charge in [-0.25, -0.2) is 0 Å². The van der Waals surface area contributed by atoms with Crippen molar-refractivity contribution < 1.29 is 23.9 Å². The van der Waals surface area contributed by atoms with Crippen LogP contribution < -0.4 is 4.74 Å². The third-order valence-electron chi connectivity index (χ3n) is 2.32. The van der Waals surface area contributed by atoms with Gasteiger partial charge in [0.1, 0.15) is 11.5 Å². The van der Waals surface area contributed by atoms with Crippen molar-refractivity contribution in [1.82, 2.24) is 0 Å². The average Bonchev–Trinajstić information content (AvgIpc) is 2.38. The summed E-state index contributed by atoms with van der Waals surface area (Å²) in [5.74, 6) is 0.911. The summed E-state index contributed by atoms with van der Waals surface area (Å²) in [5.41, 5.74) is -1.30. The Kier molecular flexibility index (Phi) is 3.81. The Morgan fingerprint density at radius 3 is 2.21 bits per heavy atom. The van der Waals surface area contributed by atoms with Crippen LogP contribution in [-0.2, 0) is 4.57 Å². The Hall–Kier alpha value is -1.94. The van der Waals surface area contributed by atoms with Gasteiger partial charge in [-0.1, -0.05) is 30.3 Å². The molecule has 0 saturated heterocycles. The smallest absolute Gasteiger partial charge is 0.396 e. The number of carbonyl (C=O) groups excluding carboxylic acids is 1. The first kappa shape index (κ1) is 13.5. The molecule has 6 heteroatoms. The summed E-state index contributed by atoms with van der Waals surface area (Å²) in [6.07, 6.45) is 0. The maximum atomic E-state index is 11.5. The van der Waals surface area contributed by atoms with Crippen molar-refractivity contribution in [2.24, 2.45) is 0 Å². The minimum atomic E-state index is -4.78. The van der Waals surface area contributed by atoms with Crippen molar-refractivity contribution in [3.63, 3.8) is 0 Å². The molecule has 0 unspecified atom stereocenters. The largest absolute Gasteiger partial charge is 0.457 e. The van der Waals surface area contributed by atoms with Gasteiger partial charge in [0.05, 0.1) is 0 Å². The van der Waals surface area contributed by atoms with Crippen LogP contribution in [0, 0.1) is 0 Å². The van der Waals surface area contributed by atoms with Crippen LogP contribution in [0.1, 0.15) is 10.4 Å². The third-order valence-corrected chi connectivity index (χ3v) is 3.11. The van der Waals surface area contributed by atoms with E-state index < -0.39 is 13.1 Å². The molecule has 98 valence electrons. The second-order valence-electron chi connectivity index (χ2n) is 3.79. The van der Waals surface area contributed by atoms with Crippen LogP contribution in [0.2, 0.25) is 0 Å². The van der Waals surface area contributed by atoms with Crippen LogP contribution in [0.15, 0.2) is 54.6 Å². The maximum Gasteiger partial charge on any atom is 0.396 e. The van der Waals surface area contributed by atoms with Gasteiger partial charge in [-0.15, -0.1) is 0 Å². The molecule has 2 aromatic rings. The second kappa shape index (κ2) is 5.36. The molecule has 0 heterocycles. The minimum absolute atomic E-state index is 0.0817. The van der Waals surface area contributed by atoms with Crippen LogP contribution in [-0.4, -0.2) is 15.3 Å². The summed E-state index contributed by atoms with van der Waals surface area (Å²) < 4.78 is 16.4. The molecule has 2 N–H and O–H groups in total. The molecule has 0 atom stereocenters. The lowest BCUT2D eigenvalue weighted by Gasteiger charge is -2.07. The van der Waals surface area contributed by atoms with Crippen LogP contribution in [0.4, 0.5) is 0 Å². The molecule has 5 nitrogen and oxygen atoms in total. The van der Waals surface area contributed by atoms with E-state index in [4.69, 9.17) is 14.5 Å². The maximum absolute atomic E-state index is 11.5. The van der Waals surface area contributed by atoms with Crippen molar-refractivity contribution in [1.29, 1.82) is 0 Å². The number of rotatable bonds is 4. The van der Waals surface area contributed by atoms with E-state index in [0.29, 0.717) is 11.5 Å². The standard InChI is InChI=1S/C13H11O5P/c14-13(19(15,16)17)10-5-4-8-12(9-10)18-11-6-2-1-3-7-11/h1-9H,(H2,15,16,17). The summed E-state index contributed by atoms with van der Waals surface area (Å²) in [4.78, 5) is 29.1. The number of hydrogen-bond donors (Lipinski definition) is 2. The Morgan fingerprint density at radius 1 is 0.947 bits per heavy atom.